The number of benzene rings is 3. The molecule has 1 saturated carbocycles. The summed E-state index contributed by atoms with van der Waals surface area (Å²) < 4.78 is 40.7. The van der Waals surface area contributed by atoms with E-state index >= 15 is 0 Å². The predicted molar refractivity (Wildman–Crippen MR) is 182 cm³/mol. The number of carbonyl (C=O) groups excluding carboxylic acids is 2. The van der Waals surface area contributed by atoms with E-state index in [-0.39, 0.29) is 5.91 Å². The van der Waals surface area contributed by atoms with Crippen LogP contribution >= 0.6 is 0 Å². The number of alkyl halides is 3. The van der Waals surface area contributed by atoms with Crippen LogP contribution in [0.4, 0.5) is 18.9 Å². The van der Waals surface area contributed by atoms with E-state index in [1.54, 1.807) is 0 Å². The molecule has 2 heterocycles. The smallest absolute Gasteiger partial charge is 0.369 e. The molecule has 3 aromatic rings. The Balaban J connectivity index is 0.980. The Bertz CT molecular complexity index is 1610. The van der Waals surface area contributed by atoms with Gasteiger partial charge in [-0.3, -0.25) is 14.5 Å². The first-order valence-corrected chi connectivity index (χ1v) is 17.6. The number of unbranched alkanes of at least 4 members (excludes halogenated alkanes) is 1. The zero-order valence-electron chi connectivity index (χ0n) is 27.7. The lowest BCUT2D eigenvalue weighted by Gasteiger charge is -2.36. The number of fused-ring (bicyclic) bond motifs is 4. The van der Waals surface area contributed by atoms with Gasteiger partial charge in [-0.25, -0.2) is 0 Å². The highest BCUT2D eigenvalue weighted by Crippen LogP contribution is 2.51. The number of anilines is 1. The molecule has 48 heavy (non-hydrogen) atoms. The Kier molecular flexibility index (Phi) is 9.00. The SMILES string of the molecule is CC(NC(=O)C1(CCCCN2CCN(c3ccc4c(c3)C(=O)N(C3CCCCC3)C4)CC2)c2ccccc2-c2ccccc21)C(F)(F)F. The predicted octanol–water partition coefficient (Wildman–Crippen LogP) is 7.30. The molecule has 1 atom stereocenters. The number of hydrogen-bond acceptors (Lipinski definition) is 4. The van der Waals surface area contributed by atoms with E-state index in [4.69, 9.17) is 0 Å². The highest BCUT2D eigenvalue weighted by Gasteiger charge is 2.50. The largest absolute Gasteiger partial charge is 0.408 e. The van der Waals surface area contributed by atoms with Gasteiger partial charge in [-0.1, -0.05) is 80.3 Å². The van der Waals surface area contributed by atoms with Gasteiger partial charge in [0.15, 0.2) is 0 Å². The summed E-state index contributed by atoms with van der Waals surface area (Å²) in [5.74, 6) is -0.405. The van der Waals surface area contributed by atoms with Gasteiger partial charge in [-0.05, 0) is 79.1 Å². The van der Waals surface area contributed by atoms with Crippen LogP contribution in [0.1, 0.15) is 85.3 Å². The molecule has 2 aliphatic carbocycles. The Morgan fingerprint density at radius 1 is 0.875 bits per heavy atom. The molecule has 7 rings (SSSR count). The number of halogens is 3. The van der Waals surface area contributed by atoms with Crippen LogP contribution in [-0.4, -0.2) is 72.6 Å². The minimum atomic E-state index is -4.53. The number of amides is 2. The van der Waals surface area contributed by atoms with E-state index < -0.39 is 23.5 Å². The molecule has 6 nitrogen and oxygen atoms in total. The van der Waals surface area contributed by atoms with Gasteiger partial charge in [0.1, 0.15) is 11.5 Å². The molecule has 2 amide bonds. The van der Waals surface area contributed by atoms with Gasteiger partial charge in [0.05, 0.1) is 0 Å². The molecular formula is C39H45F3N4O2. The minimum Gasteiger partial charge on any atom is -0.369 e. The molecule has 2 fully saturated rings. The number of rotatable bonds is 9. The lowest BCUT2D eigenvalue weighted by atomic mass is 9.73. The number of nitrogens with zero attached hydrogens (tertiary/aromatic N) is 3. The molecule has 1 unspecified atom stereocenters. The maximum Gasteiger partial charge on any atom is 0.408 e. The first-order valence-electron chi connectivity index (χ1n) is 17.6. The minimum absolute atomic E-state index is 0.184. The first-order chi connectivity index (χ1) is 23.2. The highest BCUT2D eigenvalue weighted by atomic mass is 19.4. The van der Waals surface area contributed by atoms with Gasteiger partial charge in [0, 0.05) is 50.0 Å². The van der Waals surface area contributed by atoms with Crippen molar-refractivity contribution in [2.24, 2.45) is 0 Å². The van der Waals surface area contributed by atoms with Crippen molar-refractivity contribution in [1.82, 2.24) is 15.1 Å². The van der Waals surface area contributed by atoms with Crippen LogP contribution in [0.2, 0.25) is 0 Å². The summed E-state index contributed by atoms with van der Waals surface area (Å²) in [5, 5.41) is 2.33. The quantitative estimate of drug-likeness (QED) is 0.245. The normalized spacial score (nSPS) is 20.0. The van der Waals surface area contributed by atoms with Gasteiger partial charge in [0.2, 0.25) is 5.91 Å². The average Bonchev–Trinajstić information content (AvgIpc) is 3.59. The number of nitrogens with one attached hydrogen (secondary N) is 1. The summed E-state index contributed by atoms with van der Waals surface area (Å²) in [6, 6.07) is 20.1. The molecule has 0 spiro atoms. The molecule has 0 radical (unpaired) electrons. The van der Waals surface area contributed by atoms with Crippen LogP contribution in [0.5, 0.6) is 0 Å². The van der Waals surface area contributed by atoms with Crippen molar-refractivity contribution in [3.8, 4) is 11.1 Å². The van der Waals surface area contributed by atoms with Crippen molar-refractivity contribution in [3.63, 3.8) is 0 Å². The molecule has 1 N–H and O–H groups in total. The summed E-state index contributed by atoms with van der Waals surface area (Å²) in [6.45, 7) is 6.09. The molecule has 1 saturated heterocycles. The molecule has 3 aromatic carbocycles. The van der Waals surface area contributed by atoms with Gasteiger partial charge >= 0.3 is 6.18 Å². The monoisotopic (exact) mass is 658 g/mol. The van der Waals surface area contributed by atoms with Gasteiger partial charge in [0.25, 0.3) is 5.91 Å². The number of hydrogen-bond donors (Lipinski definition) is 1. The highest BCUT2D eigenvalue weighted by molar-refractivity contribution is 6.01. The zero-order chi connectivity index (χ0) is 33.5. The molecule has 254 valence electrons. The maximum atomic E-state index is 14.0. The van der Waals surface area contributed by atoms with Crippen molar-refractivity contribution in [3.05, 3.63) is 89.0 Å². The Morgan fingerprint density at radius 2 is 1.52 bits per heavy atom. The summed E-state index contributed by atoms with van der Waals surface area (Å²) in [4.78, 5) is 34.2. The van der Waals surface area contributed by atoms with E-state index in [2.05, 4.69) is 38.2 Å². The second-order valence-electron chi connectivity index (χ2n) is 14.1. The van der Waals surface area contributed by atoms with Crippen molar-refractivity contribution in [1.29, 1.82) is 0 Å². The van der Waals surface area contributed by atoms with E-state index in [1.165, 1.54) is 19.3 Å². The number of carbonyl (C=O) groups is 2. The maximum absolute atomic E-state index is 14.0. The number of piperazine rings is 1. The van der Waals surface area contributed by atoms with Crippen LogP contribution in [-0.2, 0) is 16.8 Å². The second kappa shape index (κ2) is 13.2. The first kappa shape index (κ1) is 32.7. The third-order valence-electron chi connectivity index (χ3n) is 11.2. The average molecular weight is 659 g/mol. The molecular weight excluding hydrogens is 613 g/mol. The van der Waals surface area contributed by atoms with Crippen LogP contribution in [0.3, 0.4) is 0 Å². The van der Waals surface area contributed by atoms with E-state index in [0.717, 1.165) is 105 Å². The van der Waals surface area contributed by atoms with Crippen molar-refractivity contribution < 1.29 is 22.8 Å². The fourth-order valence-electron chi connectivity index (χ4n) is 8.51. The van der Waals surface area contributed by atoms with Crippen molar-refractivity contribution in [2.75, 3.05) is 37.6 Å². The van der Waals surface area contributed by atoms with Crippen molar-refractivity contribution >= 4 is 17.5 Å². The topological polar surface area (TPSA) is 55.9 Å². The molecule has 0 aromatic heterocycles. The second-order valence-corrected chi connectivity index (χ2v) is 14.1. The third kappa shape index (κ3) is 5.99. The van der Waals surface area contributed by atoms with E-state index in [0.29, 0.717) is 18.9 Å². The van der Waals surface area contributed by atoms with Gasteiger partial charge in [-0.15, -0.1) is 0 Å². The fraction of sp³-hybridized carbons (Fsp3) is 0.487. The Morgan fingerprint density at radius 3 is 2.17 bits per heavy atom. The molecule has 9 heteroatoms. The molecule has 0 bridgehead atoms. The summed E-state index contributed by atoms with van der Waals surface area (Å²) >= 11 is 0. The standard InChI is InChI=1S/C39H45F3N4O2/c1-27(39(40,41)42)43-37(48)38(34-15-7-5-13-31(34)32-14-6-8-16-35(32)38)19-9-10-20-44-21-23-45(24-22-44)30-18-17-28-26-46(36(47)33(28)25-30)29-11-3-2-4-12-29/h5-8,13-18,25,27,29H,2-4,9-12,19-24,26H2,1H3,(H,43,48). The molecule has 4 aliphatic rings. The van der Waals surface area contributed by atoms with Crippen LogP contribution < -0.4 is 10.2 Å². The van der Waals surface area contributed by atoms with E-state index in [1.807, 2.05) is 48.5 Å². The Labute approximate surface area is 281 Å². The fourth-order valence-corrected chi connectivity index (χ4v) is 8.51. The summed E-state index contributed by atoms with van der Waals surface area (Å²) in [5.41, 5.74) is 5.30. The van der Waals surface area contributed by atoms with Crippen LogP contribution in [0, 0.1) is 0 Å². The van der Waals surface area contributed by atoms with Crippen LogP contribution in [0.25, 0.3) is 11.1 Å². The third-order valence-corrected chi connectivity index (χ3v) is 11.2. The summed E-state index contributed by atoms with van der Waals surface area (Å²) in [6.07, 6.45) is 3.34. The van der Waals surface area contributed by atoms with E-state index in [9.17, 15) is 22.8 Å². The molecule has 2 aliphatic heterocycles. The lowest BCUT2D eigenvalue weighted by Crippen LogP contribution is -2.51. The van der Waals surface area contributed by atoms with Crippen LogP contribution in [0.15, 0.2) is 66.7 Å². The zero-order valence-corrected chi connectivity index (χ0v) is 27.7. The Hall–Kier alpha value is -3.85. The summed E-state index contributed by atoms with van der Waals surface area (Å²) in [7, 11) is 0. The lowest BCUT2D eigenvalue weighted by molar-refractivity contribution is -0.159. The van der Waals surface area contributed by atoms with Crippen molar-refractivity contribution in [2.45, 2.75) is 88.5 Å². The van der Waals surface area contributed by atoms with Gasteiger partial charge in [-0.2, -0.15) is 13.2 Å². The van der Waals surface area contributed by atoms with Gasteiger partial charge < -0.3 is 15.1 Å².